The van der Waals surface area contributed by atoms with E-state index >= 15 is 0 Å². The number of rotatable bonds is 5. The van der Waals surface area contributed by atoms with Crippen molar-refractivity contribution in [1.29, 1.82) is 0 Å². The molecule has 2 heterocycles. The van der Waals surface area contributed by atoms with Gasteiger partial charge in [-0.25, -0.2) is 4.98 Å². The van der Waals surface area contributed by atoms with Gasteiger partial charge in [-0.3, -0.25) is 0 Å². The van der Waals surface area contributed by atoms with Crippen LogP contribution in [0.1, 0.15) is 24.1 Å². The largest absolute Gasteiger partial charge is 0.465 e. The Morgan fingerprint density at radius 3 is 2.87 bits per heavy atom. The first-order chi connectivity index (χ1) is 7.38. The van der Waals surface area contributed by atoms with Crippen molar-refractivity contribution < 1.29 is 4.42 Å². The van der Waals surface area contributed by atoms with E-state index < -0.39 is 0 Å². The molecule has 15 heavy (non-hydrogen) atoms. The predicted molar refractivity (Wildman–Crippen MR) is 60.7 cm³/mol. The van der Waals surface area contributed by atoms with Crippen LogP contribution in [-0.4, -0.2) is 4.98 Å². The first-order valence-electron chi connectivity index (χ1n) is 5.04. The monoisotopic (exact) mass is 222 g/mol. The number of thiazole rings is 1. The maximum atomic E-state index is 5.57. The van der Waals surface area contributed by atoms with Crippen molar-refractivity contribution >= 4 is 11.3 Å². The number of nitrogens with zero attached hydrogens (tertiary/aromatic N) is 1. The van der Waals surface area contributed by atoms with Crippen LogP contribution in [0.5, 0.6) is 0 Å². The Morgan fingerprint density at radius 2 is 2.20 bits per heavy atom. The molecule has 0 radical (unpaired) electrons. The van der Waals surface area contributed by atoms with Crippen LogP contribution in [0.3, 0.4) is 0 Å². The number of aryl methyl sites for hydroxylation is 1. The molecule has 0 fully saturated rings. The highest BCUT2D eigenvalue weighted by molar-refractivity contribution is 7.07. The van der Waals surface area contributed by atoms with Crippen molar-refractivity contribution in [2.45, 2.75) is 26.4 Å². The van der Waals surface area contributed by atoms with Gasteiger partial charge in [0.2, 0.25) is 0 Å². The van der Waals surface area contributed by atoms with Gasteiger partial charge in [-0.15, -0.1) is 11.3 Å². The number of aromatic nitrogens is 1. The highest BCUT2D eigenvalue weighted by Gasteiger charge is 2.00. The Bertz CT molecular complexity index is 394. The van der Waals surface area contributed by atoms with Gasteiger partial charge in [-0.05, 0) is 12.1 Å². The summed E-state index contributed by atoms with van der Waals surface area (Å²) in [5.74, 6) is 2.03. The molecule has 4 heteroatoms. The smallest absolute Gasteiger partial charge is 0.117 e. The summed E-state index contributed by atoms with van der Waals surface area (Å²) >= 11 is 1.62. The van der Waals surface area contributed by atoms with Crippen molar-refractivity contribution in [3.63, 3.8) is 0 Å². The molecule has 3 nitrogen and oxygen atoms in total. The van der Waals surface area contributed by atoms with Gasteiger partial charge in [0.05, 0.1) is 17.7 Å². The molecule has 0 saturated heterocycles. The first-order valence-corrected chi connectivity index (χ1v) is 5.98. The molecule has 0 amide bonds. The summed E-state index contributed by atoms with van der Waals surface area (Å²) in [5, 5.41) is 5.34. The van der Waals surface area contributed by atoms with Gasteiger partial charge >= 0.3 is 0 Å². The summed E-state index contributed by atoms with van der Waals surface area (Å²) in [6.45, 7) is 3.65. The van der Waals surface area contributed by atoms with Gasteiger partial charge in [-0.1, -0.05) is 6.92 Å². The molecule has 0 aliphatic rings. The standard InChI is InChI=1S/C11H14N2OS/c1-2-10-3-4-11(14-10)6-12-5-9-7-15-8-13-9/h3-4,7-8,12H,2,5-6H2,1H3. The van der Waals surface area contributed by atoms with Crippen molar-refractivity contribution in [1.82, 2.24) is 10.3 Å². The fourth-order valence-electron chi connectivity index (χ4n) is 1.35. The van der Waals surface area contributed by atoms with E-state index in [9.17, 15) is 0 Å². The molecule has 0 bridgehead atoms. The lowest BCUT2D eigenvalue weighted by molar-refractivity contribution is 0.450. The highest BCUT2D eigenvalue weighted by Crippen LogP contribution is 2.08. The normalized spacial score (nSPS) is 10.7. The van der Waals surface area contributed by atoms with Crippen LogP contribution in [0.25, 0.3) is 0 Å². The van der Waals surface area contributed by atoms with Crippen LogP contribution in [0, 0.1) is 0 Å². The number of furan rings is 1. The van der Waals surface area contributed by atoms with E-state index in [0.29, 0.717) is 0 Å². The van der Waals surface area contributed by atoms with E-state index in [1.54, 1.807) is 11.3 Å². The molecule has 0 unspecified atom stereocenters. The third-order valence-electron chi connectivity index (χ3n) is 2.15. The fourth-order valence-corrected chi connectivity index (χ4v) is 1.90. The minimum Gasteiger partial charge on any atom is -0.465 e. The Hall–Kier alpha value is -1.13. The molecule has 0 spiro atoms. The second-order valence-corrected chi connectivity index (χ2v) is 4.02. The summed E-state index contributed by atoms with van der Waals surface area (Å²) in [6, 6.07) is 4.05. The molecule has 2 aromatic heterocycles. The zero-order valence-electron chi connectivity index (χ0n) is 8.69. The minimum absolute atomic E-state index is 0.761. The second-order valence-electron chi connectivity index (χ2n) is 3.30. The van der Waals surface area contributed by atoms with Crippen LogP contribution >= 0.6 is 11.3 Å². The summed E-state index contributed by atoms with van der Waals surface area (Å²) in [7, 11) is 0. The molecule has 0 aliphatic carbocycles. The minimum atomic E-state index is 0.761. The lowest BCUT2D eigenvalue weighted by Gasteiger charge is -1.99. The van der Waals surface area contributed by atoms with Crippen molar-refractivity contribution in [2.75, 3.05) is 0 Å². The van der Waals surface area contributed by atoms with E-state index in [1.807, 2.05) is 23.0 Å². The Morgan fingerprint density at radius 1 is 1.33 bits per heavy atom. The summed E-state index contributed by atoms with van der Waals surface area (Å²) in [5.41, 5.74) is 2.93. The van der Waals surface area contributed by atoms with E-state index in [0.717, 1.165) is 36.7 Å². The maximum absolute atomic E-state index is 5.57. The molecule has 0 saturated carbocycles. The van der Waals surface area contributed by atoms with Crippen LogP contribution in [0.2, 0.25) is 0 Å². The van der Waals surface area contributed by atoms with Gasteiger partial charge in [0.25, 0.3) is 0 Å². The second kappa shape index (κ2) is 5.09. The fraction of sp³-hybridized carbons (Fsp3) is 0.364. The van der Waals surface area contributed by atoms with E-state index in [1.165, 1.54) is 0 Å². The zero-order chi connectivity index (χ0) is 10.5. The van der Waals surface area contributed by atoms with Crippen LogP contribution in [-0.2, 0) is 19.5 Å². The average molecular weight is 222 g/mol. The summed E-state index contributed by atoms with van der Waals surface area (Å²) < 4.78 is 5.57. The quantitative estimate of drug-likeness (QED) is 0.845. The molecule has 80 valence electrons. The molecule has 0 atom stereocenters. The Balaban J connectivity index is 1.78. The number of hydrogen-bond donors (Lipinski definition) is 1. The molecule has 1 N–H and O–H groups in total. The van der Waals surface area contributed by atoms with E-state index in [-0.39, 0.29) is 0 Å². The Kier molecular flexibility index (Phi) is 3.53. The molecule has 0 aliphatic heterocycles. The van der Waals surface area contributed by atoms with Crippen molar-refractivity contribution in [2.24, 2.45) is 0 Å². The third kappa shape index (κ3) is 2.91. The van der Waals surface area contributed by atoms with E-state index in [4.69, 9.17) is 4.42 Å². The lowest BCUT2D eigenvalue weighted by atomic mass is 10.3. The molecule has 0 aromatic carbocycles. The molecule has 2 rings (SSSR count). The van der Waals surface area contributed by atoms with Crippen LogP contribution in [0.15, 0.2) is 27.4 Å². The SMILES string of the molecule is CCc1ccc(CNCc2cscn2)o1. The zero-order valence-corrected chi connectivity index (χ0v) is 9.51. The summed E-state index contributed by atoms with van der Waals surface area (Å²) in [4.78, 5) is 4.19. The number of nitrogens with one attached hydrogen (secondary N) is 1. The average Bonchev–Trinajstić information content (AvgIpc) is 2.88. The van der Waals surface area contributed by atoms with Crippen molar-refractivity contribution in [3.8, 4) is 0 Å². The lowest BCUT2D eigenvalue weighted by Crippen LogP contribution is -2.12. The van der Waals surface area contributed by atoms with Gasteiger partial charge in [0, 0.05) is 18.3 Å². The number of hydrogen-bond acceptors (Lipinski definition) is 4. The predicted octanol–water partition coefficient (Wildman–Crippen LogP) is 2.59. The topological polar surface area (TPSA) is 38.1 Å². The van der Waals surface area contributed by atoms with Gasteiger partial charge < -0.3 is 9.73 Å². The highest BCUT2D eigenvalue weighted by atomic mass is 32.1. The summed E-state index contributed by atoms with van der Waals surface area (Å²) in [6.07, 6.45) is 0.950. The maximum Gasteiger partial charge on any atom is 0.117 e. The molecular formula is C11H14N2OS. The molecular weight excluding hydrogens is 208 g/mol. The Labute approximate surface area is 93.2 Å². The van der Waals surface area contributed by atoms with Crippen molar-refractivity contribution in [3.05, 3.63) is 40.2 Å². The third-order valence-corrected chi connectivity index (χ3v) is 2.79. The van der Waals surface area contributed by atoms with Crippen LogP contribution in [0.4, 0.5) is 0 Å². The van der Waals surface area contributed by atoms with Gasteiger partial charge in [0.15, 0.2) is 0 Å². The molecule has 2 aromatic rings. The van der Waals surface area contributed by atoms with E-state index in [2.05, 4.69) is 17.2 Å². The van der Waals surface area contributed by atoms with Gasteiger partial charge in [-0.2, -0.15) is 0 Å². The van der Waals surface area contributed by atoms with Gasteiger partial charge in [0.1, 0.15) is 11.5 Å². The first kappa shape index (κ1) is 10.4. The van der Waals surface area contributed by atoms with Crippen LogP contribution < -0.4 is 5.32 Å².